The molecule has 0 unspecified atom stereocenters. The minimum Gasteiger partial charge on any atom is -0.395 e. The van der Waals surface area contributed by atoms with Crippen molar-refractivity contribution < 1.29 is 17.9 Å². The Labute approximate surface area is 87.8 Å². The average molecular weight is 233 g/mol. The summed E-state index contributed by atoms with van der Waals surface area (Å²) in [5, 5.41) is 8.47. The Morgan fingerprint density at radius 3 is 2.67 bits per heavy atom. The Morgan fingerprint density at radius 1 is 1.47 bits per heavy atom. The molecule has 0 atom stereocenters. The van der Waals surface area contributed by atoms with Crippen LogP contribution in [0.2, 0.25) is 0 Å². The molecule has 0 aliphatic rings. The normalized spacial score (nSPS) is 11.7. The minimum atomic E-state index is -3.71. The Hall–Kier alpha value is -0.980. The van der Waals surface area contributed by atoms with Crippen LogP contribution in [-0.2, 0) is 10.0 Å². The molecular formula is C9H12FNO3S. The van der Waals surface area contributed by atoms with E-state index in [0.717, 1.165) is 6.07 Å². The van der Waals surface area contributed by atoms with Crippen LogP contribution in [0.3, 0.4) is 0 Å². The molecule has 4 nitrogen and oxygen atoms in total. The molecule has 0 bridgehead atoms. The van der Waals surface area contributed by atoms with Crippen LogP contribution in [0.4, 0.5) is 4.39 Å². The standard InChI is InChI=1S/C9H12FNO3S/c1-7-2-3-8(6-9(7)10)15(13,14)11-4-5-12/h2-3,6,11-12H,4-5H2,1H3. The van der Waals surface area contributed by atoms with Crippen molar-refractivity contribution in [1.29, 1.82) is 0 Å². The predicted molar refractivity (Wildman–Crippen MR) is 53.4 cm³/mol. The van der Waals surface area contributed by atoms with E-state index >= 15 is 0 Å². The zero-order valence-electron chi connectivity index (χ0n) is 8.20. The molecule has 0 aliphatic heterocycles. The summed E-state index contributed by atoms with van der Waals surface area (Å²) >= 11 is 0. The number of nitrogens with one attached hydrogen (secondary N) is 1. The first-order valence-corrected chi connectivity index (χ1v) is 5.82. The van der Waals surface area contributed by atoms with E-state index in [2.05, 4.69) is 4.72 Å². The van der Waals surface area contributed by atoms with E-state index < -0.39 is 15.8 Å². The number of hydrogen-bond donors (Lipinski definition) is 2. The van der Waals surface area contributed by atoms with Crippen LogP contribution in [0.15, 0.2) is 23.1 Å². The van der Waals surface area contributed by atoms with Crippen LogP contribution in [0, 0.1) is 12.7 Å². The largest absolute Gasteiger partial charge is 0.395 e. The van der Waals surface area contributed by atoms with Gasteiger partial charge in [0, 0.05) is 6.54 Å². The van der Waals surface area contributed by atoms with Gasteiger partial charge in [0.15, 0.2) is 0 Å². The van der Waals surface area contributed by atoms with Gasteiger partial charge in [0.05, 0.1) is 11.5 Å². The zero-order chi connectivity index (χ0) is 11.5. The molecule has 15 heavy (non-hydrogen) atoms. The highest BCUT2D eigenvalue weighted by Gasteiger charge is 2.14. The molecule has 6 heteroatoms. The monoisotopic (exact) mass is 233 g/mol. The second kappa shape index (κ2) is 4.69. The van der Waals surface area contributed by atoms with Crippen LogP contribution < -0.4 is 4.72 Å². The molecule has 0 saturated carbocycles. The smallest absolute Gasteiger partial charge is 0.240 e. The maximum Gasteiger partial charge on any atom is 0.240 e. The number of hydrogen-bond acceptors (Lipinski definition) is 3. The van der Waals surface area contributed by atoms with Crippen LogP contribution in [0.1, 0.15) is 5.56 Å². The van der Waals surface area contributed by atoms with Gasteiger partial charge in [0.25, 0.3) is 0 Å². The molecule has 84 valence electrons. The minimum absolute atomic E-state index is 0.0855. The van der Waals surface area contributed by atoms with E-state index in [1.165, 1.54) is 12.1 Å². The first-order chi connectivity index (χ1) is 6.97. The number of rotatable bonds is 4. The summed E-state index contributed by atoms with van der Waals surface area (Å²) in [6.45, 7) is 1.16. The molecule has 0 fully saturated rings. The summed E-state index contributed by atoms with van der Waals surface area (Å²) in [5.74, 6) is -0.568. The lowest BCUT2D eigenvalue weighted by molar-refractivity contribution is 0.301. The van der Waals surface area contributed by atoms with Gasteiger partial charge in [-0.25, -0.2) is 17.5 Å². The summed E-state index contributed by atoms with van der Waals surface area (Å²) in [6.07, 6.45) is 0. The summed E-state index contributed by atoms with van der Waals surface area (Å²) in [7, 11) is -3.71. The fourth-order valence-electron chi connectivity index (χ4n) is 1.00. The van der Waals surface area contributed by atoms with Crippen molar-refractivity contribution in [3.63, 3.8) is 0 Å². The SMILES string of the molecule is Cc1ccc(S(=O)(=O)NCCO)cc1F. The Balaban J connectivity index is 3.00. The first-order valence-electron chi connectivity index (χ1n) is 4.34. The lowest BCUT2D eigenvalue weighted by atomic mass is 10.2. The maximum absolute atomic E-state index is 13.1. The number of sulfonamides is 1. The second-order valence-corrected chi connectivity index (χ2v) is 4.80. The van der Waals surface area contributed by atoms with Gasteiger partial charge in [-0.3, -0.25) is 0 Å². The van der Waals surface area contributed by atoms with Crippen molar-refractivity contribution in [2.75, 3.05) is 13.2 Å². The van der Waals surface area contributed by atoms with Crippen molar-refractivity contribution >= 4 is 10.0 Å². The van der Waals surface area contributed by atoms with Crippen LogP contribution >= 0.6 is 0 Å². The van der Waals surface area contributed by atoms with Crippen molar-refractivity contribution in [2.45, 2.75) is 11.8 Å². The molecule has 0 aliphatic carbocycles. The first kappa shape index (κ1) is 12.1. The van der Waals surface area contributed by atoms with E-state index in [0.29, 0.717) is 5.56 Å². The Kier molecular flexibility index (Phi) is 3.78. The van der Waals surface area contributed by atoms with E-state index in [9.17, 15) is 12.8 Å². The third-order valence-corrected chi connectivity index (χ3v) is 3.32. The molecule has 2 N–H and O–H groups in total. The van der Waals surface area contributed by atoms with Crippen molar-refractivity contribution in [2.24, 2.45) is 0 Å². The quantitative estimate of drug-likeness (QED) is 0.791. The van der Waals surface area contributed by atoms with Gasteiger partial charge in [0.2, 0.25) is 10.0 Å². The van der Waals surface area contributed by atoms with Crippen molar-refractivity contribution in [3.8, 4) is 0 Å². The molecule has 1 rings (SSSR count). The van der Waals surface area contributed by atoms with E-state index in [4.69, 9.17) is 5.11 Å². The van der Waals surface area contributed by atoms with Gasteiger partial charge in [-0.2, -0.15) is 0 Å². The molecule has 0 spiro atoms. The molecule has 1 aromatic rings. The summed E-state index contributed by atoms with van der Waals surface area (Å²) < 4.78 is 38.1. The third kappa shape index (κ3) is 2.98. The molecule has 0 aromatic heterocycles. The summed E-state index contributed by atoms with van der Waals surface area (Å²) in [4.78, 5) is -0.140. The van der Waals surface area contributed by atoms with Gasteiger partial charge >= 0.3 is 0 Å². The highest BCUT2D eigenvalue weighted by molar-refractivity contribution is 7.89. The van der Waals surface area contributed by atoms with Crippen molar-refractivity contribution in [3.05, 3.63) is 29.6 Å². The number of benzene rings is 1. The van der Waals surface area contributed by atoms with Gasteiger partial charge in [-0.15, -0.1) is 0 Å². The maximum atomic E-state index is 13.1. The number of aryl methyl sites for hydroxylation is 1. The fourth-order valence-corrected chi connectivity index (χ4v) is 2.04. The highest BCUT2D eigenvalue weighted by Crippen LogP contribution is 2.13. The molecular weight excluding hydrogens is 221 g/mol. The average Bonchev–Trinajstić information content (AvgIpc) is 2.19. The van der Waals surface area contributed by atoms with E-state index in [1.807, 2.05) is 0 Å². The molecule has 0 radical (unpaired) electrons. The fraction of sp³-hybridized carbons (Fsp3) is 0.333. The predicted octanol–water partition coefficient (Wildman–Crippen LogP) is 0.405. The van der Waals surface area contributed by atoms with E-state index in [-0.39, 0.29) is 18.0 Å². The summed E-state index contributed by atoms with van der Waals surface area (Å²) in [6, 6.07) is 3.66. The molecule has 0 heterocycles. The molecule has 0 saturated heterocycles. The zero-order valence-corrected chi connectivity index (χ0v) is 9.01. The lowest BCUT2D eigenvalue weighted by Gasteiger charge is -2.05. The number of halogens is 1. The second-order valence-electron chi connectivity index (χ2n) is 3.03. The van der Waals surface area contributed by atoms with Gasteiger partial charge in [-0.05, 0) is 24.6 Å². The van der Waals surface area contributed by atoms with E-state index in [1.54, 1.807) is 6.92 Å². The van der Waals surface area contributed by atoms with Crippen LogP contribution in [0.5, 0.6) is 0 Å². The third-order valence-electron chi connectivity index (χ3n) is 1.86. The highest BCUT2D eigenvalue weighted by atomic mass is 32.2. The van der Waals surface area contributed by atoms with Gasteiger partial charge < -0.3 is 5.11 Å². The molecule has 0 amide bonds. The summed E-state index contributed by atoms with van der Waals surface area (Å²) in [5.41, 5.74) is 0.385. The Morgan fingerprint density at radius 2 is 2.13 bits per heavy atom. The topological polar surface area (TPSA) is 66.4 Å². The van der Waals surface area contributed by atoms with Crippen molar-refractivity contribution in [1.82, 2.24) is 4.72 Å². The number of aliphatic hydroxyl groups is 1. The lowest BCUT2D eigenvalue weighted by Crippen LogP contribution is -2.26. The van der Waals surface area contributed by atoms with Crippen LogP contribution in [-0.4, -0.2) is 26.7 Å². The number of aliphatic hydroxyl groups excluding tert-OH is 1. The molecule has 1 aromatic carbocycles. The van der Waals surface area contributed by atoms with Crippen LogP contribution in [0.25, 0.3) is 0 Å². The van der Waals surface area contributed by atoms with Gasteiger partial charge in [0.1, 0.15) is 5.82 Å². The Bertz CT molecular complexity index is 445. The van der Waals surface area contributed by atoms with Gasteiger partial charge in [-0.1, -0.05) is 6.07 Å².